The third-order valence-electron chi connectivity index (χ3n) is 3.09. The van der Waals surface area contributed by atoms with E-state index >= 15 is 0 Å². The van der Waals surface area contributed by atoms with Gasteiger partial charge in [-0.2, -0.15) is 0 Å². The molecule has 4 heteroatoms. The third kappa shape index (κ3) is 4.46. The van der Waals surface area contributed by atoms with Gasteiger partial charge in [0.2, 0.25) is 0 Å². The number of anilines is 1. The van der Waals surface area contributed by atoms with Gasteiger partial charge in [-0.3, -0.25) is 0 Å². The van der Waals surface area contributed by atoms with Gasteiger partial charge in [0.15, 0.2) is 0 Å². The molecule has 0 unspecified atom stereocenters. The fourth-order valence-corrected chi connectivity index (χ4v) is 2.50. The van der Waals surface area contributed by atoms with Crippen LogP contribution in [-0.4, -0.2) is 18.1 Å². The highest BCUT2D eigenvalue weighted by Crippen LogP contribution is 2.25. The molecule has 0 aliphatic carbocycles. The summed E-state index contributed by atoms with van der Waals surface area (Å²) in [4.78, 5) is 12.7. The molecule has 0 aliphatic rings. The zero-order valence-corrected chi connectivity index (χ0v) is 13.2. The van der Waals surface area contributed by atoms with E-state index < -0.39 is 5.97 Å². The first-order valence-electron chi connectivity index (χ1n) is 6.52. The molecule has 0 aliphatic heterocycles. The van der Waals surface area contributed by atoms with Crippen molar-refractivity contribution in [3.63, 3.8) is 0 Å². The number of rotatable bonds is 5. The van der Waals surface area contributed by atoms with Gasteiger partial charge in [0.25, 0.3) is 0 Å². The first kappa shape index (κ1) is 15.3. The summed E-state index contributed by atoms with van der Waals surface area (Å²) in [7, 11) is 2.03. The molecule has 2 aromatic carbocycles. The Morgan fingerprint density at radius 3 is 2.57 bits per heavy atom. The summed E-state index contributed by atoms with van der Waals surface area (Å²) < 4.78 is 0.873. The van der Waals surface area contributed by atoms with Crippen LogP contribution >= 0.6 is 15.9 Å². The predicted molar refractivity (Wildman–Crippen MR) is 89.4 cm³/mol. The number of benzene rings is 2. The molecule has 0 aromatic heterocycles. The fourth-order valence-electron chi connectivity index (χ4n) is 2.00. The molecule has 0 fully saturated rings. The summed E-state index contributed by atoms with van der Waals surface area (Å²) >= 11 is 3.48. The van der Waals surface area contributed by atoms with Gasteiger partial charge in [-0.15, -0.1) is 0 Å². The number of carboxylic acid groups (broad SMARTS) is 1. The molecular weight excluding hydrogens is 330 g/mol. The molecule has 2 rings (SSSR count). The van der Waals surface area contributed by atoms with Gasteiger partial charge >= 0.3 is 5.97 Å². The molecule has 3 nitrogen and oxygen atoms in total. The van der Waals surface area contributed by atoms with E-state index in [-0.39, 0.29) is 0 Å². The lowest BCUT2D eigenvalue weighted by Gasteiger charge is -2.20. The van der Waals surface area contributed by atoms with E-state index in [1.165, 1.54) is 5.56 Å². The second kappa shape index (κ2) is 7.09. The number of hydrogen-bond acceptors (Lipinski definition) is 2. The molecule has 0 saturated heterocycles. The maximum atomic E-state index is 10.6. The zero-order chi connectivity index (χ0) is 15.2. The largest absolute Gasteiger partial charge is 0.478 e. The average Bonchev–Trinajstić information content (AvgIpc) is 2.46. The third-order valence-corrected chi connectivity index (χ3v) is 3.78. The van der Waals surface area contributed by atoms with Crippen LogP contribution in [0.3, 0.4) is 0 Å². The van der Waals surface area contributed by atoms with Gasteiger partial charge < -0.3 is 10.0 Å². The van der Waals surface area contributed by atoms with Crippen molar-refractivity contribution in [2.45, 2.75) is 6.54 Å². The zero-order valence-electron chi connectivity index (χ0n) is 11.7. The highest BCUT2D eigenvalue weighted by atomic mass is 79.9. The number of nitrogens with zero attached hydrogens (tertiary/aromatic N) is 1. The normalized spacial score (nSPS) is 10.8. The maximum Gasteiger partial charge on any atom is 0.328 e. The van der Waals surface area contributed by atoms with E-state index in [0.29, 0.717) is 0 Å². The molecule has 0 spiro atoms. The lowest BCUT2D eigenvalue weighted by Crippen LogP contribution is -2.16. The van der Waals surface area contributed by atoms with Crippen LogP contribution in [0, 0.1) is 0 Å². The number of carboxylic acids is 1. The Morgan fingerprint density at radius 1 is 1.24 bits per heavy atom. The molecule has 0 amide bonds. The standard InChI is InChI=1S/C17H16BrNO2/c1-19(12-13-5-3-2-4-6-13)15-9-7-14(16(18)11-15)8-10-17(20)21/h2-11H,12H2,1H3,(H,20,21)/b10-8+. The van der Waals surface area contributed by atoms with Gasteiger partial charge in [0.1, 0.15) is 0 Å². The lowest BCUT2D eigenvalue weighted by atomic mass is 10.1. The number of hydrogen-bond donors (Lipinski definition) is 1. The van der Waals surface area contributed by atoms with Crippen molar-refractivity contribution in [2.75, 3.05) is 11.9 Å². The monoisotopic (exact) mass is 345 g/mol. The van der Waals surface area contributed by atoms with Gasteiger partial charge in [0, 0.05) is 29.8 Å². The quantitative estimate of drug-likeness (QED) is 0.826. The molecule has 1 N–H and O–H groups in total. The minimum Gasteiger partial charge on any atom is -0.478 e. The van der Waals surface area contributed by atoms with Crippen LogP contribution in [0.4, 0.5) is 5.69 Å². The summed E-state index contributed by atoms with van der Waals surface area (Å²) in [5.74, 6) is -0.952. The molecule has 2 aromatic rings. The Hall–Kier alpha value is -2.07. The molecule has 0 radical (unpaired) electrons. The molecule has 0 atom stereocenters. The summed E-state index contributed by atoms with van der Waals surface area (Å²) in [6.45, 7) is 0.817. The van der Waals surface area contributed by atoms with E-state index in [1.807, 2.05) is 43.4 Å². The van der Waals surface area contributed by atoms with E-state index in [9.17, 15) is 4.79 Å². The van der Waals surface area contributed by atoms with Crippen molar-refractivity contribution >= 4 is 33.7 Å². The minimum atomic E-state index is -0.952. The molecule has 21 heavy (non-hydrogen) atoms. The van der Waals surface area contributed by atoms with Crippen molar-refractivity contribution in [3.8, 4) is 0 Å². The topological polar surface area (TPSA) is 40.5 Å². The van der Waals surface area contributed by atoms with Crippen molar-refractivity contribution in [3.05, 3.63) is 70.2 Å². The summed E-state index contributed by atoms with van der Waals surface area (Å²) in [6, 6.07) is 16.1. The van der Waals surface area contributed by atoms with Gasteiger partial charge in [-0.05, 0) is 29.3 Å². The summed E-state index contributed by atoms with van der Waals surface area (Å²) in [5, 5.41) is 8.66. The van der Waals surface area contributed by atoms with Crippen LogP contribution in [-0.2, 0) is 11.3 Å². The second-order valence-electron chi connectivity index (χ2n) is 4.72. The van der Waals surface area contributed by atoms with Crippen molar-refractivity contribution < 1.29 is 9.90 Å². The summed E-state index contributed by atoms with van der Waals surface area (Å²) in [6.07, 6.45) is 2.71. The van der Waals surface area contributed by atoms with Crippen LogP contribution < -0.4 is 4.90 Å². The van der Waals surface area contributed by atoms with E-state index in [1.54, 1.807) is 6.08 Å². The molecule has 0 heterocycles. The Morgan fingerprint density at radius 2 is 1.95 bits per heavy atom. The number of halogens is 1. The van der Waals surface area contributed by atoms with Crippen LogP contribution in [0.1, 0.15) is 11.1 Å². The van der Waals surface area contributed by atoms with E-state index in [0.717, 1.165) is 28.3 Å². The Bertz CT molecular complexity index is 653. The number of aliphatic carboxylic acids is 1. The first-order chi connectivity index (χ1) is 10.1. The van der Waals surface area contributed by atoms with Crippen LogP contribution in [0.15, 0.2) is 59.1 Å². The fraction of sp³-hybridized carbons (Fsp3) is 0.118. The molecule has 0 bridgehead atoms. The molecule has 108 valence electrons. The van der Waals surface area contributed by atoms with Crippen LogP contribution in [0.25, 0.3) is 6.08 Å². The highest BCUT2D eigenvalue weighted by Gasteiger charge is 2.05. The highest BCUT2D eigenvalue weighted by molar-refractivity contribution is 9.10. The predicted octanol–water partition coefficient (Wildman–Crippen LogP) is 4.18. The Labute approximate surface area is 132 Å². The van der Waals surface area contributed by atoms with Gasteiger partial charge in [-0.1, -0.05) is 52.3 Å². The van der Waals surface area contributed by atoms with Crippen molar-refractivity contribution in [2.24, 2.45) is 0 Å². The van der Waals surface area contributed by atoms with Gasteiger partial charge in [-0.25, -0.2) is 4.79 Å². The maximum absolute atomic E-state index is 10.6. The van der Waals surface area contributed by atoms with E-state index in [2.05, 4.69) is 33.0 Å². The van der Waals surface area contributed by atoms with Crippen molar-refractivity contribution in [1.29, 1.82) is 0 Å². The van der Waals surface area contributed by atoms with Crippen LogP contribution in [0.2, 0.25) is 0 Å². The smallest absolute Gasteiger partial charge is 0.328 e. The number of carbonyl (C=O) groups is 1. The van der Waals surface area contributed by atoms with Crippen molar-refractivity contribution in [1.82, 2.24) is 0 Å². The van der Waals surface area contributed by atoms with Gasteiger partial charge in [0.05, 0.1) is 0 Å². The molecule has 0 saturated carbocycles. The SMILES string of the molecule is CN(Cc1ccccc1)c1ccc(/C=C/C(=O)O)c(Br)c1. The molecular formula is C17H16BrNO2. The Balaban J connectivity index is 2.14. The lowest BCUT2D eigenvalue weighted by molar-refractivity contribution is -0.131. The Kier molecular flexibility index (Phi) is 5.17. The summed E-state index contributed by atoms with van der Waals surface area (Å²) in [5.41, 5.74) is 3.15. The second-order valence-corrected chi connectivity index (χ2v) is 5.57. The average molecular weight is 346 g/mol. The first-order valence-corrected chi connectivity index (χ1v) is 7.31. The van der Waals surface area contributed by atoms with Crippen LogP contribution in [0.5, 0.6) is 0 Å². The van der Waals surface area contributed by atoms with E-state index in [4.69, 9.17) is 5.11 Å². The minimum absolute atomic E-state index is 0.817.